The number of amides is 1. The number of aliphatic carboxylic acids is 1. The van der Waals surface area contributed by atoms with Crippen molar-refractivity contribution in [2.45, 2.75) is 26.7 Å². The van der Waals surface area contributed by atoms with E-state index in [0.717, 1.165) is 22.4 Å². The van der Waals surface area contributed by atoms with Crippen molar-refractivity contribution in [3.63, 3.8) is 0 Å². The van der Waals surface area contributed by atoms with Crippen molar-refractivity contribution in [3.05, 3.63) is 75.4 Å². The van der Waals surface area contributed by atoms with E-state index in [0.29, 0.717) is 24.1 Å². The minimum Gasteiger partial charge on any atom is -0.479 e. The van der Waals surface area contributed by atoms with Crippen LogP contribution in [0.25, 0.3) is 16.6 Å². The molecule has 34 heavy (non-hydrogen) atoms. The van der Waals surface area contributed by atoms with Gasteiger partial charge in [0.2, 0.25) is 5.88 Å². The Morgan fingerprint density at radius 1 is 1.21 bits per heavy atom. The molecule has 0 saturated heterocycles. The molecule has 3 N–H and O–H groups in total. The van der Waals surface area contributed by atoms with Gasteiger partial charge in [0, 0.05) is 18.3 Å². The van der Waals surface area contributed by atoms with Crippen molar-refractivity contribution < 1.29 is 24.2 Å². The summed E-state index contributed by atoms with van der Waals surface area (Å²) in [4.78, 5) is 40.3. The fraction of sp³-hybridized carbons (Fsp3) is 0.200. The molecule has 0 aliphatic heterocycles. The quantitative estimate of drug-likeness (QED) is 0.280. The highest BCUT2D eigenvalue weighted by atomic mass is 32.1. The number of carboxylic acid groups (broad SMARTS) is 1. The lowest BCUT2D eigenvalue weighted by molar-refractivity contribution is -0.139. The molecule has 1 aromatic carbocycles. The van der Waals surface area contributed by atoms with Gasteiger partial charge in [-0.25, -0.2) is 9.78 Å². The van der Waals surface area contributed by atoms with Gasteiger partial charge in [0.15, 0.2) is 6.61 Å². The van der Waals surface area contributed by atoms with E-state index >= 15 is 0 Å². The molecule has 9 heteroatoms. The number of ether oxygens (including phenoxy) is 1. The minimum absolute atomic E-state index is 0.0286. The summed E-state index contributed by atoms with van der Waals surface area (Å²) in [6.45, 7) is 3.00. The Hall–Kier alpha value is -3.98. The van der Waals surface area contributed by atoms with Crippen LogP contribution in [-0.4, -0.2) is 38.8 Å². The lowest BCUT2D eigenvalue weighted by Gasteiger charge is -2.12. The second-order valence-electron chi connectivity index (χ2n) is 7.78. The molecule has 0 radical (unpaired) electrons. The van der Waals surface area contributed by atoms with Crippen molar-refractivity contribution in [3.8, 4) is 17.0 Å². The monoisotopic (exact) mass is 477 g/mol. The van der Waals surface area contributed by atoms with Crippen LogP contribution in [0.3, 0.4) is 0 Å². The number of ketones is 1. The molecule has 3 aromatic heterocycles. The molecule has 0 spiro atoms. The number of carboxylic acids is 1. The number of hydrogen-bond donors (Lipinski definition) is 2. The SMILES string of the molecule is CCc1c(C(=O)C(N)=O)c2c(OCC(=O)O)nc(C)cn2c1Cc1ccccc1-c1ccsc1. The number of aromatic nitrogens is 2. The first-order valence-corrected chi connectivity index (χ1v) is 11.6. The van der Waals surface area contributed by atoms with E-state index in [1.165, 1.54) is 0 Å². The maximum absolute atomic E-state index is 12.9. The highest BCUT2D eigenvalue weighted by molar-refractivity contribution is 7.08. The Morgan fingerprint density at radius 3 is 2.62 bits per heavy atom. The molecule has 0 fully saturated rings. The van der Waals surface area contributed by atoms with E-state index < -0.39 is 24.3 Å². The van der Waals surface area contributed by atoms with Crippen molar-refractivity contribution in [1.29, 1.82) is 0 Å². The van der Waals surface area contributed by atoms with E-state index in [2.05, 4.69) is 16.4 Å². The standard InChI is InChI=1S/C25H23N3O5S/c1-3-17-19(10-15-6-4-5-7-18(15)16-8-9-34-13-16)28-11-14(2)27-25(33-12-20(29)30)22(28)21(17)23(31)24(26)32/h4-9,11,13H,3,10,12H2,1-2H3,(H2,26,32)(H,29,30). The van der Waals surface area contributed by atoms with Crippen LogP contribution in [0.4, 0.5) is 0 Å². The van der Waals surface area contributed by atoms with Gasteiger partial charge in [0.05, 0.1) is 11.3 Å². The number of primary amides is 1. The van der Waals surface area contributed by atoms with Crippen molar-refractivity contribution >= 4 is 34.5 Å². The molecule has 0 atom stereocenters. The van der Waals surface area contributed by atoms with Gasteiger partial charge in [-0.2, -0.15) is 11.3 Å². The van der Waals surface area contributed by atoms with Crippen LogP contribution in [0.15, 0.2) is 47.3 Å². The number of carbonyl (C=O) groups excluding carboxylic acids is 2. The molecule has 3 heterocycles. The van der Waals surface area contributed by atoms with Gasteiger partial charge in [0.1, 0.15) is 5.52 Å². The van der Waals surface area contributed by atoms with E-state index in [-0.39, 0.29) is 17.0 Å². The van der Waals surface area contributed by atoms with Gasteiger partial charge in [-0.05, 0) is 52.4 Å². The van der Waals surface area contributed by atoms with Gasteiger partial charge >= 0.3 is 5.97 Å². The second-order valence-corrected chi connectivity index (χ2v) is 8.56. The number of hydrogen-bond acceptors (Lipinski definition) is 6. The number of Topliss-reactive ketones (excluding diaryl/α,β-unsaturated/α-hetero) is 1. The third-order valence-corrected chi connectivity index (χ3v) is 6.24. The zero-order valence-corrected chi connectivity index (χ0v) is 19.5. The van der Waals surface area contributed by atoms with Crippen molar-refractivity contribution in [2.75, 3.05) is 6.61 Å². The molecule has 8 nitrogen and oxygen atoms in total. The smallest absolute Gasteiger partial charge is 0.341 e. The maximum atomic E-state index is 12.9. The molecule has 4 rings (SSSR count). The van der Waals surface area contributed by atoms with Gasteiger partial charge in [-0.3, -0.25) is 9.59 Å². The first kappa shape index (κ1) is 23.2. The Bertz CT molecular complexity index is 1410. The lowest BCUT2D eigenvalue weighted by atomic mass is 9.95. The van der Waals surface area contributed by atoms with Crippen LogP contribution in [-0.2, 0) is 22.4 Å². The summed E-state index contributed by atoms with van der Waals surface area (Å²) in [6.07, 6.45) is 2.66. The van der Waals surface area contributed by atoms with Gasteiger partial charge < -0.3 is 20.0 Å². The summed E-state index contributed by atoms with van der Waals surface area (Å²) in [5.41, 5.74) is 10.9. The Labute approximate surface area is 199 Å². The van der Waals surface area contributed by atoms with E-state index in [1.807, 2.05) is 36.6 Å². The number of carbonyl (C=O) groups is 3. The second kappa shape index (κ2) is 9.48. The number of fused-ring (bicyclic) bond motifs is 1. The van der Waals surface area contributed by atoms with E-state index in [1.54, 1.807) is 28.9 Å². The number of aryl methyl sites for hydroxylation is 1. The summed E-state index contributed by atoms with van der Waals surface area (Å²) in [7, 11) is 0. The number of benzene rings is 1. The lowest BCUT2D eigenvalue weighted by Crippen LogP contribution is -2.24. The molecule has 0 unspecified atom stereocenters. The summed E-state index contributed by atoms with van der Waals surface area (Å²) in [6, 6.07) is 10.0. The number of thiophene rings is 1. The summed E-state index contributed by atoms with van der Waals surface area (Å²) in [5, 5.41) is 13.2. The largest absolute Gasteiger partial charge is 0.479 e. The summed E-state index contributed by atoms with van der Waals surface area (Å²) >= 11 is 1.61. The fourth-order valence-electron chi connectivity index (χ4n) is 4.19. The predicted octanol–water partition coefficient (Wildman–Crippen LogP) is 3.66. The molecule has 1 amide bonds. The number of nitrogens with two attached hydrogens (primary N) is 1. The van der Waals surface area contributed by atoms with Crippen LogP contribution < -0.4 is 10.5 Å². The van der Waals surface area contributed by atoms with E-state index in [9.17, 15) is 14.4 Å². The molecular weight excluding hydrogens is 454 g/mol. The van der Waals surface area contributed by atoms with Crippen LogP contribution in [0.5, 0.6) is 5.88 Å². The van der Waals surface area contributed by atoms with E-state index in [4.69, 9.17) is 15.6 Å². The summed E-state index contributed by atoms with van der Waals surface area (Å²) in [5.74, 6) is -3.18. The molecule has 0 saturated carbocycles. The van der Waals surface area contributed by atoms with Gasteiger partial charge in [-0.15, -0.1) is 0 Å². The third-order valence-electron chi connectivity index (χ3n) is 5.56. The highest BCUT2D eigenvalue weighted by Gasteiger charge is 2.29. The van der Waals surface area contributed by atoms with Crippen molar-refractivity contribution in [1.82, 2.24) is 9.38 Å². The molecule has 174 valence electrons. The topological polar surface area (TPSA) is 124 Å². The zero-order chi connectivity index (χ0) is 24.4. The molecular formula is C25H23N3O5S. The fourth-order valence-corrected chi connectivity index (χ4v) is 4.85. The molecule has 0 aliphatic carbocycles. The van der Waals surface area contributed by atoms with Crippen LogP contribution in [0, 0.1) is 6.92 Å². The first-order valence-electron chi connectivity index (χ1n) is 10.6. The molecule has 0 aliphatic rings. The van der Waals surface area contributed by atoms with Gasteiger partial charge in [-0.1, -0.05) is 31.2 Å². The Kier molecular flexibility index (Phi) is 6.47. The Balaban J connectivity index is 1.99. The number of rotatable bonds is 9. The van der Waals surface area contributed by atoms with Gasteiger partial charge in [0.25, 0.3) is 11.7 Å². The first-order chi connectivity index (χ1) is 16.3. The van der Waals surface area contributed by atoms with Crippen LogP contribution >= 0.6 is 11.3 Å². The highest BCUT2D eigenvalue weighted by Crippen LogP contribution is 2.34. The average Bonchev–Trinajstić information content (AvgIpc) is 3.44. The van der Waals surface area contributed by atoms with Crippen LogP contribution in [0.2, 0.25) is 0 Å². The molecule has 4 aromatic rings. The summed E-state index contributed by atoms with van der Waals surface area (Å²) < 4.78 is 7.22. The number of nitrogens with zero attached hydrogens (tertiary/aromatic N) is 2. The van der Waals surface area contributed by atoms with Crippen LogP contribution in [0.1, 0.15) is 39.8 Å². The third kappa shape index (κ3) is 4.29. The zero-order valence-electron chi connectivity index (χ0n) is 18.7. The average molecular weight is 478 g/mol. The Morgan fingerprint density at radius 2 is 1.97 bits per heavy atom. The normalized spacial score (nSPS) is 11.0. The predicted molar refractivity (Wildman–Crippen MR) is 129 cm³/mol. The van der Waals surface area contributed by atoms with Crippen molar-refractivity contribution in [2.24, 2.45) is 5.73 Å². The molecule has 0 bridgehead atoms. The maximum Gasteiger partial charge on any atom is 0.341 e. The minimum atomic E-state index is -1.18.